The molecule has 10 bridgehead atoms. The van der Waals surface area contributed by atoms with Gasteiger partial charge in [0.1, 0.15) is 0 Å². The van der Waals surface area contributed by atoms with Crippen molar-refractivity contribution < 1.29 is 0 Å². The monoisotopic (exact) mass is 200 g/mol. The molecule has 0 heteroatoms. The Kier molecular flexibility index (Phi) is 0.946. The van der Waals surface area contributed by atoms with Gasteiger partial charge in [-0.1, -0.05) is 0 Å². The van der Waals surface area contributed by atoms with Crippen LogP contribution in [0.4, 0.5) is 0 Å². The highest BCUT2D eigenvalue weighted by Gasteiger charge is 2.71. The minimum Gasteiger partial charge on any atom is -0.0465 e. The highest BCUT2D eigenvalue weighted by Crippen LogP contribution is 2.77. The first-order chi connectivity index (χ1) is 7.42. The molecule has 0 unspecified atom stereocenters. The van der Waals surface area contributed by atoms with E-state index in [1.54, 1.807) is 32.1 Å². The first-order valence-corrected chi connectivity index (χ1v) is 7.42. The van der Waals surface area contributed by atoms with Gasteiger partial charge in [0.15, 0.2) is 0 Å². The maximum absolute atomic E-state index is 1.70. The first-order valence-electron chi connectivity index (χ1n) is 7.42. The van der Waals surface area contributed by atoms with Gasteiger partial charge in [-0.15, -0.1) is 0 Å². The molecular weight excluding hydrogens is 180 g/mol. The summed E-state index contributed by atoms with van der Waals surface area (Å²) in [4.78, 5) is 0. The lowest BCUT2D eigenvalue weighted by Gasteiger charge is -2.47. The lowest BCUT2D eigenvalue weighted by atomic mass is 9.57. The third-order valence-electron chi connectivity index (χ3n) is 8.22. The van der Waals surface area contributed by atoms with Crippen molar-refractivity contribution in [1.29, 1.82) is 0 Å². The van der Waals surface area contributed by atoms with Gasteiger partial charge in [0.25, 0.3) is 0 Å². The zero-order valence-electron chi connectivity index (χ0n) is 9.31. The smallest absolute Gasteiger partial charge is 0.0349 e. The van der Waals surface area contributed by atoms with E-state index in [2.05, 4.69) is 0 Å². The van der Waals surface area contributed by atoms with Crippen molar-refractivity contribution in [3.05, 3.63) is 0 Å². The van der Waals surface area contributed by atoms with E-state index in [-0.39, 0.29) is 0 Å². The van der Waals surface area contributed by atoms with Crippen LogP contribution >= 0.6 is 0 Å². The standard InChI is InChI=1S/C15H20/c1-6-8-2-9-7(1)11-3-10(6)14-5-15(11)13(9)4-12(8)14/h6-15H,1-5H2. The van der Waals surface area contributed by atoms with Crippen molar-refractivity contribution >= 4 is 0 Å². The van der Waals surface area contributed by atoms with Gasteiger partial charge >= 0.3 is 0 Å². The van der Waals surface area contributed by atoms with Gasteiger partial charge in [-0.3, -0.25) is 0 Å². The normalized spacial score (nSPS) is 80.0. The minimum absolute atomic E-state index is 1.23. The third kappa shape index (κ3) is 0.560. The first kappa shape index (κ1) is 7.35. The molecule has 0 nitrogen and oxygen atoms in total. The SMILES string of the molecule is C1C2C3CC4C1C1CC2C2CC1C4CC32. The van der Waals surface area contributed by atoms with Crippen LogP contribution in [0, 0.1) is 59.2 Å². The molecule has 0 heterocycles. The second-order valence-corrected chi connectivity index (χ2v) is 7.82. The fraction of sp³-hybridized carbons (Fsp3) is 1.00. The fourth-order valence-corrected chi connectivity index (χ4v) is 8.24. The highest BCUT2D eigenvalue weighted by atomic mass is 14.8. The average molecular weight is 200 g/mol. The Hall–Kier alpha value is 0. The molecule has 0 aliphatic heterocycles. The molecule has 0 aromatic carbocycles. The molecule has 7 fully saturated rings. The molecule has 0 spiro atoms. The Labute approximate surface area is 91.8 Å². The second kappa shape index (κ2) is 1.93. The molecule has 0 radical (unpaired) electrons. The molecule has 0 aromatic rings. The summed E-state index contributed by atoms with van der Waals surface area (Å²) < 4.78 is 0. The van der Waals surface area contributed by atoms with Crippen molar-refractivity contribution in [2.75, 3.05) is 0 Å². The van der Waals surface area contributed by atoms with Crippen LogP contribution in [-0.4, -0.2) is 0 Å². The van der Waals surface area contributed by atoms with Crippen LogP contribution in [0.1, 0.15) is 32.1 Å². The summed E-state index contributed by atoms with van der Waals surface area (Å²) in [5.74, 6) is 12.3. The molecule has 0 N–H and O–H groups in total. The molecule has 15 heavy (non-hydrogen) atoms. The summed E-state index contributed by atoms with van der Waals surface area (Å²) in [5.41, 5.74) is 0. The Morgan fingerprint density at radius 3 is 0.533 bits per heavy atom. The van der Waals surface area contributed by atoms with Crippen LogP contribution in [0.2, 0.25) is 0 Å². The van der Waals surface area contributed by atoms with Gasteiger partial charge in [0.2, 0.25) is 0 Å². The maximum atomic E-state index is 1.70. The van der Waals surface area contributed by atoms with Gasteiger partial charge in [0, 0.05) is 0 Å². The van der Waals surface area contributed by atoms with Crippen LogP contribution in [0.15, 0.2) is 0 Å². The largest absolute Gasteiger partial charge is 0.0465 e. The zero-order chi connectivity index (χ0) is 9.31. The van der Waals surface area contributed by atoms with Crippen LogP contribution in [0.3, 0.4) is 0 Å². The van der Waals surface area contributed by atoms with E-state index in [1.165, 1.54) is 59.2 Å². The third-order valence-corrected chi connectivity index (χ3v) is 8.22. The molecular formula is C15H20. The van der Waals surface area contributed by atoms with Gasteiger partial charge in [-0.2, -0.15) is 0 Å². The zero-order valence-corrected chi connectivity index (χ0v) is 9.31. The van der Waals surface area contributed by atoms with Crippen LogP contribution in [0.25, 0.3) is 0 Å². The Morgan fingerprint density at radius 2 is 0.400 bits per heavy atom. The lowest BCUT2D eigenvalue weighted by molar-refractivity contribution is 0.0135. The molecule has 80 valence electrons. The highest BCUT2D eigenvalue weighted by molar-refractivity contribution is 5.19. The summed E-state index contributed by atoms with van der Waals surface area (Å²) in [6.45, 7) is 0. The summed E-state index contributed by atoms with van der Waals surface area (Å²) >= 11 is 0. The maximum Gasteiger partial charge on any atom is -0.0349 e. The molecule has 7 aliphatic carbocycles. The van der Waals surface area contributed by atoms with E-state index in [1.807, 2.05) is 0 Å². The topological polar surface area (TPSA) is 0 Å². The van der Waals surface area contributed by atoms with Gasteiger partial charge in [-0.05, 0) is 91.3 Å². The Bertz CT molecular complexity index is 228. The van der Waals surface area contributed by atoms with Crippen LogP contribution in [0.5, 0.6) is 0 Å². The summed E-state index contributed by atoms with van der Waals surface area (Å²) in [6, 6.07) is 0. The lowest BCUT2D eigenvalue weighted by Crippen LogP contribution is -2.40. The molecule has 0 atom stereocenters. The van der Waals surface area contributed by atoms with Gasteiger partial charge < -0.3 is 0 Å². The minimum atomic E-state index is 1.23. The van der Waals surface area contributed by atoms with Crippen molar-refractivity contribution in [2.45, 2.75) is 32.1 Å². The average Bonchev–Trinajstić information content (AvgIpc) is 2.86. The van der Waals surface area contributed by atoms with Crippen molar-refractivity contribution in [3.8, 4) is 0 Å². The summed E-state index contributed by atoms with van der Waals surface area (Å²) in [5, 5.41) is 0. The second-order valence-electron chi connectivity index (χ2n) is 7.82. The van der Waals surface area contributed by atoms with E-state index >= 15 is 0 Å². The van der Waals surface area contributed by atoms with Gasteiger partial charge in [0.05, 0.1) is 0 Å². The predicted octanol–water partition coefficient (Wildman–Crippen LogP) is 3.18. The Morgan fingerprint density at radius 1 is 0.267 bits per heavy atom. The van der Waals surface area contributed by atoms with Crippen LogP contribution < -0.4 is 0 Å². The molecule has 0 aromatic heterocycles. The fourth-order valence-electron chi connectivity index (χ4n) is 8.24. The molecule has 7 saturated carbocycles. The molecule has 7 rings (SSSR count). The number of hydrogen-bond donors (Lipinski definition) is 0. The van der Waals surface area contributed by atoms with E-state index in [0.717, 1.165) is 0 Å². The summed E-state index contributed by atoms with van der Waals surface area (Å²) in [6.07, 6.45) is 8.50. The van der Waals surface area contributed by atoms with Crippen LogP contribution in [-0.2, 0) is 0 Å². The van der Waals surface area contributed by atoms with Crippen molar-refractivity contribution in [3.63, 3.8) is 0 Å². The van der Waals surface area contributed by atoms with E-state index in [4.69, 9.17) is 0 Å². The van der Waals surface area contributed by atoms with Gasteiger partial charge in [-0.25, -0.2) is 0 Å². The number of rotatable bonds is 0. The quantitative estimate of drug-likeness (QED) is 0.563. The summed E-state index contributed by atoms with van der Waals surface area (Å²) in [7, 11) is 0. The van der Waals surface area contributed by atoms with E-state index < -0.39 is 0 Å². The van der Waals surface area contributed by atoms with Crippen molar-refractivity contribution in [2.24, 2.45) is 59.2 Å². The van der Waals surface area contributed by atoms with Crippen molar-refractivity contribution in [1.82, 2.24) is 0 Å². The molecule has 0 amide bonds. The van der Waals surface area contributed by atoms with E-state index in [9.17, 15) is 0 Å². The molecule has 7 aliphatic rings. The predicted molar refractivity (Wildman–Crippen MR) is 58.0 cm³/mol. The molecule has 0 saturated heterocycles. The Balaban J connectivity index is 1.69. The van der Waals surface area contributed by atoms with E-state index in [0.29, 0.717) is 0 Å². The number of hydrogen-bond acceptors (Lipinski definition) is 0.